The first-order valence-corrected chi connectivity index (χ1v) is 8.93. The minimum atomic E-state index is -2.81. The van der Waals surface area contributed by atoms with Crippen molar-refractivity contribution in [3.63, 3.8) is 0 Å². The molecule has 1 unspecified atom stereocenters. The molecular weight excluding hydrogens is 304 g/mol. The zero-order valence-corrected chi connectivity index (χ0v) is 13.8. The highest BCUT2D eigenvalue weighted by Gasteiger charge is 2.38. The molecule has 0 aromatic heterocycles. The Bertz CT molecular complexity index is 701. The van der Waals surface area contributed by atoms with Crippen LogP contribution in [0.5, 0.6) is 0 Å². The van der Waals surface area contributed by atoms with Crippen molar-refractivity contribution in [1.82, 2.24) is 4.31 Å². The number of benzene rings is 1. The minimum absolute atomic E-state index is 0.292. The van der Waals surface area contributed by atoms with Crippen LogP contribution in [0.1, 0.15) is 22.8 Å². The molecule has 22 heavy (non-hydrogen) atoms. The molecule has 7 heteroatoms. The van der Waals surface area contributed by atoms with Crippen LogP contribution in [0.4, 0.5) is 0 Å². The fraction of sp³-hybridized carbons (Fsp3) is 0.467. The van der Waals surface area contributed by atoms with E-state index in [0.717, 1.165) is 12.0 Å². The van der Waals surface area contributed by atoms with Crippen LogP contribution in [0.25, 0.3) is 0 Å². The lowest BCUT2D eigenvalue weighted by molar-refractivity contribution is -0.149. The third-order valence-electron chi connectivity index (χ3n) is 3.70. The van der Waals surface area contributed by atoms with Gasteiger partial charge in [0.1, 0.15) is 9.92 Å². The van der Waals surface area contributed by atoms with E-state index in [1.165, 1.54) is 17.7 Å². The molecule has 0 saturated carbocycles. The smallest absolute Gasteiger partial charge is 0.311 e. The van der Waals surface area contributed by atoms with Crippen molar-refractivity contribution in [2.75, 3.05) is 26.5 Å². The molecule has 120 valence electrons. The maximum atomic E-state index is 12.5. The minimum Gasteiger partial charge on any atom is -0.469 e. The molecule has 1 saturated heterocycles. The van der Waals surface area contributed by atoms with Crippen molar-refractivity contribution in [3.8, 4) is 0 Å². The number of esters is 1. The van der Waals surface area contributed by atoms with Crippen molar-refractivity contribution in [1.29, 1.82) is 0 Å². The van der Waals surface area contributed by atoms with E-state index < -0.39 is 15.8 Å². The molecular formula is C15H20N2O4S. The van der Waals surface area contributed by atoms with Crippen LogP contribution in [0.2, 0.25) is 0 Å². The number of ether oxygens (including phenoxy) is 1. The van der Waals surface area contributed by atoms with Crippen molar-refractivity contribution < 1.29 is 18.5 Å². The molecule has 1 aliphatic heterocycles. The Morgan fingerprint density at radius 2 is 2.09 bits per heavy atom. The number of carbonyl (C=O) groups excluding carboxylic acids is 2. The molecule has 1 fully saturated rings. The van der Waals surface area contributed by atoms with E-state index in [0.29, 0.717) is 18.7 Å². The molecule has 2 rings (SSSR count). The second kappa shape index (κ2) is 6.58. The molecule has 0 radical (unpaired) electrons. The van der Waals surface area contributed by atoms with Gasteiger partial charge in [-0.05, 0) is 24.1 Å². The van der Waals surface area contributed by atoms with E-state index in [1.54, 1.807) is 18.2 Å². The fourth-order valence-corrected chi connectivity index (χ4v) is 3.66. The van der Waals surface area contributed by atoms with Gasteiger partial charge < -0.3 is 4.74 Å². The SMILES string of the molecule is CCc1cccc(C(=O)N=S(C)(=O)N2CC(C(=O)OC)C2)c1. The maximum Gasteiger partial charge on any atom is 0.311 e. The first-order valence-electron chi connectivity index (χ1n) is 7.05. The van der Waals surface area contributed by atoms with E-state index in [-0.39, 0.29) is 11.9 Å². The Labute approximate surface area is 130 Å². The lowest BCUT2D eigenvalue weighted by atomic mass is 10.0. The molecule has 1 amide bonds. The number of carbonyl (C=O) groups is 2. The molecule has 0 bridgehead atoms. The van der Waals surface area contributed by atoms with E-state index >= 15 is 0 Å². The summed E-state index contributed by atoms with van der Waals surface area (Å²) in [5, 5.41) is 0. The number of aryl methyl sites for hydroxylation is 1. The lowest BCUT2D eigenvalue weighted by Crippen LogP contribution is -2.52. The third kappa shape index (κ3) is 3.53. The normalized spacial score (nSPS) is 18.1. The molecule has 6 nitrogen and oxygen atoms in total. The number of nitrogens with zero attached hydrogens (tertiary/aromatic N) is 2. The van der Waals surface area contributed by atoms with Crippen LogP contribution in [-0.2, 0) is 25.9 Å². The highest BCUT2D eigenvalue weighted by atomic mass is 32.2. The van der Waals surface area contributed by atoms with Crippen molar-refractivity contribution in [2.45, 2.75) is 13.3 Å². The highest BCUT2D eigenvalue weighted by Crippen LogP contribution is 2.21. The van der Waals surface area contributed by atoms with Crippen LogP contribution in [0.15, 0.2) is 28.6 Å². The van der Waals surface area contributed by atoms with Gasteiger partial charge in [-0.25, -0.2) is 8.51 Å². The van der Waals surface area contributed by atoms with Crippen molar-refractivity contribution in [2.24, 2.45) is 10.3 Å². The average Bonchev–Trinajstić information content (AvgIpc) is 2.44. The fourth-order valence-electron chi connectivity index (χ4n) is 2.22. The Morgan fingerprint density at radius 1 is 1.41 bits per heavy atom. The Balaban J connectivity index is 2.12. The topological polar surface area (TPSA) is 76.0 Å². The molecule has 1 aromatic rings. The number of hydrogen-bond acceptors (Lipinski definition) is 4. The average molecular weight is 324 g/mol. The molecule has 1 heterocycles. The van der Waals surface area contributed by atoms with Crippen LogP contribution >= 0.6 is 0 Å². The van der Waals surface area contributed by atoms with Gasteiger partial charge in [0.15, 0.2) is 0 Å². The van der Waals surface area contributed by atoms with Gasteiger partial charge in [0, 0.05) is 24.9 Å². The number of hydrogen-bond donors (Lipinski definition) is 0. The predicted molar refractivity (Wildman–Crippen MR) is 83.7 cm³/mol. The van der Waals surface area contributed by atoms with Gasteiger partial charge in [0.05, 0.1) is 13.0 Å². The Morgan fingerprint density at radius 3 is 2.68 bits per heavy atom. The summed E-state index contributed by atoms with van der Waals surface area (Å²) in [4.78, 5) is 23.5. The molecule has 0 aliphatic carbocycles. The maximum absolute atomic E-state index is 12.5. The van der Waals surface area contributed by atoms with Crippen LogP contribution < -0.4 is 0 Å². The second-order valence-electron chi connectivity index (χ2n) is 5.28. The van der Waals surface area contributed by atoms with E-state index in [9.17, 15) is 13.8 Å². The van der Waals surface area contributed by atoms with Crippen LogP contribution in [0, 0.1) is 5.92 Å². The first-order chi connectivity index (χ1) is 10.4. The highest BCUT2D eigenvalue weighted by molar-refractivity contribution is 7.91. The van der Waals surface area contributed by atoms with Crippen molar-refractivity contribution in [3.05, 3.63) is 35.4 Å². The van der Waals surface area contributed by atoms with Crippen LogP contribution in [-0.4, -0.2) is 46.8 Å². The molecule has 1 aliphatic rings. The summed E-state index contributed by atoms with van der Waals surface area (Å²) >= 11 is 0. The van der Waals surface area contributed by atoms with Gasteiger partial charge in [-0.3, -0.25) is 9.59 Å². The molecule has 0 N–H and O–H groups in total. The van der Waals surface area contributed by atoms with Gasteiger partial charge in [-0.1, -0.05) is 19.1 Å². The van der Waals surface area contributed by atoms with Gasteiger partial charge in [0.2, 0.25) is 0 Å². The summed E-state index contributed by atoms with van der Waals surface area (Å²) in [5.41, 5.74) is 1.46. The Kier molecular flexibility index (Phi) is 4.97. The predicted octanol–water partition coefficient (Wildman–Crippen LogP) is 1.51. The third-order valence-corrected chi connectivity index (χ3v) is 5.46. The summed E-state index contributed by atoms with van der Waals surface area (Å²) < 4.78 is 22.6. The summed E-state index contributed by atoms with van der Waals surface area (Å²) in [7, 11) is -1.49. The van der Waals surface area contributed by atoms with E-state index in [4.69, 9.17) is 0 Å². The standard InChI is InChI=1S/C15H20N2O4S/c1-4-11-6-5-7-12(8-11)14(18)16-22(3,20)17-9-13(10-17)15(19)21-2/h5-8,13H,4,9-10H2,1-3H3. The van der Waals surface area contributed by atoms with Gasteiger partial charge in [0.25, 0.3) is 5.91 Å². The second-order valence-corrected chi connectivity index (χ2v) is 7.50. The molecule has 1 atom stereocenters. The van der Waals surface area contributed by atoms with E-state index in [1.807, 2.05) is 13.0 Å². The Hall–Kier alpha value is -1.73. The zero-order chi connectivity index (χ0) is 16.3. The zero-order valence-electron chi connectivity index (χ0n) is 12.9. The van der Waals surface area contributed by atoms with Gasteiger partial charge in [-0.15, -0.1) is 4.36 Å². The lowest BCUT2D eigenvalue weighted by Gasteiger charge is -2.37. The summed E-state index contributed by atoms with van der Waals surface area (Å²) in [6, 6.07) is 7.13. The van der Waals surface area contributed by atoms with Gasteiger partial charge in [-0.2, -0.15) is 0 Å². The monoisotopic (exact) mass is 324 g/mol. The van der Waals surface area contributed by atoms with Gasteiger partial charge >= 0.3 is 5.97 Å². The first kappa shape index (κ1) is 16.6. The quantitative estimate of drug-likeness (QED) is 0.787. The number of methoxy groups -OCH3 is 1. The van der Waals surface area contributed by atoms with E-state index in [2.05, 4.69) is 9.10 Å². The summed E-state index contributed by atoms with van der Waals surface area (Å²) in [6.45, 7) is 2.60. The number of rotatable bonds is 4. The van der Waals surface area contributed by atoms with Crippen molar-refractivity contribution >= 4 is 21.8 Å². The largest absolute Gasteiger partial charge is 0.469 e. The summed E-state index contributed by atoms with van der Waals surface area (Å²) in [6.07, 6.45) is 2.23. The summed E-state index contributed by atoms with van der Waals surface area (Å²) in [5.74, 6) is -1.11. The molecule has 1 aromatic carbocycles. The molecule has 0 spiro atoms. The van der Waals surface area contributed by atoms with Crippen LogP contribution in [0.3, 0.4) is 0 Å². The number of amides is 1.